The van der Waals surface area contributed by atoms with Crippen LogP contribution in [-0.2, 0) is 4.74 Å². The SMILES string of the molecule is CCOC(=O)c1c(C)oc2c(Cl)c3c(c(Cl)c12)C(=O)c1ccccc1C3=O. The Morgan fingerprint density at radius 2 is 1.59 bits per heavy atom. The molecule has 1 aliphatic carbocycles. The van der Waals surface area contributed by atoms with E-state index in [1.54, 1.807) is 38.1 Å². The largest absolute Gasteiger partial charge is 0.462 e. The normalized spacial score (nSPS) is 12.9. The third kappa shape index (κ3) is 2.35. The van der Waals surface area contributed by atoms with Crippen molar-refractivity contribution in [3.8, 4) is 0 Å². The van der Waals surface area contributed by atoms with Crippen molar-refractivity contribution in [3.63, 3.8) is 0 Å². The van der Waals surface area contributed by atoms with E-state index in [9.17, 15) is 14.4 Å². The molecule has 0 saturated heterocycles. The van der Waals surface area contributed by atoms with Crippen molar-refractivity contribution in [2.45, 2.75) is 13.8 Å². The molecule has 0 fully saturated rings. The summed E-state index contributed by atoms with van der Waals surface area (Å²) in [5.74, 6) is -1.24. The van der Waals surface area contributed by atoms with Crippen molar-refractivity contribution >= 4 is 51.7 Å². The first kappa shape index (κ1) is 17.8. The quantitative estimate of drug-likeness (QED) is 0.441. The molecular formula is C20H12Cl2O5. The molecule has 0 spiro atoms. The van der Waals surface area contributed by atoms with Gasteiger partial charge < -0.3 is 9.15 Å². The molecule has 0 atom stereocenters. The molecule has 0 saturated carbocycles. The van der Waals surface area contributed by atoms with Crippen molar-refractivity contribution in [3.05, 3.63) is 67.9 Å². The molecule has 1 aromatic heterocycles. The molecule has 3 aromatic rings. The van der Waals surface area contributed by atoms with Crippen LogP contribution in [0.15, 0.2) is 28.7 Å². The van der Waals surface area contributed by atoms with Crippen molar-refractivity contribution < 1.29 is 23.5 Å². The molecule has 0 radical (unpaired) electrons. The van der Waals surface area contributed by atoms with Crippen LogP contribution in [0.1, 0.15) is 54.9 Å². The van der Waals surface area contributed by atoms with Gasteiger partial charge in [0.05, 0.1) is 33.2 Å². The van der Waals surface area contributed by atoms with Gasteiger partial charge >= 0.3 is 5.97 Å². The average Bonchev–Trinajstić information content (AvgIpc) is 3.00. The van der Waals surface area contributed by atoms with E-state index < -0.39 is 17.5 Å². The molecule has 7 heteroatoms. The van der Waals surface area contributed by atoms with E-state index >= 15 is 0 Å². The van der Waals surface area contributed by atoms with Crippen molar-refractivity contribution in [2.75, 3.05) is 6.61 Å². The maximum Gasteiger partial charge on any atom is 0.342 e. The van der Waals surface area contributed by atoms with Crippen LogP contribution in [0.25, 0.3) is 11.0 Å². The minimum atomic E-state index is -0.637. The van der Waals surface area contributed by atoms with Gasteiger partial charge in [-0.05, 0) is 13.8 Å². The zero-order valence-corrected chi connectivity index (χ0v) is 15.8. The first-order valence-electron chi connectivity index (χ1n) is 8.18. The lowest BCUT2D eigenvalue weighted by Crippen LogP contribution is -2.22. The molecule has 136 valence electrons. The number of hydrogen-bond donors (Lipinski definition) is 0. The van der Waals surface area contributed by atoms with Gasteiger partial charge in [0.2, 0.25) is 0 Å². The first-order valence-corrected chi connectivity index (χ1v) is 8.93. The Labute approximate surface area is 163 Å². The van der Waals surface area contributed by atoms with Gasteiger partial charge in [0.15, 0.2) is 17.1 Å². The minimum Gasteiger partial charge on any atom is -0.462 e. The summed E-state index contributed by atoms with van der Waals surface area (Å²) in [6.07, 6.45) is 0. The Morgan fingerprint density at radius 3 is 2.15 bits per heavy atom. The molecule has 0 aliphatic heterocycles. The second-order valence-electron chi connectivity index (χ2n) is 6.04. The first-order chi connectivity index (χ1) is 12.9. The lowest BCUT2D eigenvalue weighted by atomic mass is 9.83. The van der Waals surface area contributed by atoms with Crippen molar-refractivity contribution in [2.24, 2.45) is 0 Å². The van der Waals surface area contributed by atoms with E-state index in [1.807, 2.05) is 0 Å². The zero-order valence-electron chi connectivity index (χ0n) is 14.3. The topological polar surface area (TPSA) is 73.6 Å². The highest BCUT2D eigenvalue weighted by molar-refractivity contribution is 6.49. The molecule has 1 heterocycles. The summed E-state index contributed by atoms with van der Waals surface area (Å²) < 4.78 is 10.7. The van der Waals surface area contributed by atoms with Crippen LogP contribution >= 0.6 is 23.2 Å². The van der Waals surface area contributed by atoms with Crippen LogP contribution < -0.4 is 0 Å². The Hall–Kier alpha value is -2.63. The number of ether oxygens (including phenoxy) is 1. The standard InChI is InChI=1S/C20H12Cl2O5/c1-3-26-20(25)11-8(2)27-19-14(11)15(21)12-13(16(19)22)18(24)10-7-5-4-6-9(10)17(12)23/h4-7H,3H2,1-2H3. The maximum atomic E-state index is 13.0. The van der Waals surface area contributed by atoms with Gasteiger partial charge in [0, 0.05) is 11.1 Å². The van der Waals surface area contributed by atoms with Crippen molar-refractivity contribution in [1.29, 1.82) is 0 Å². The Bertz CT molecular complexity index is 1170. The summed E-state index contributed by atoms with van der Waals surface area (Å²) >= 11 is 13.0. The molecule has 1 aliphatic rings. The predicted octanol–water partition coefficient (Wildman–Crippen LogP) is 5.00. The molecule has 0 unspecified atom stereocenters. The number of esters is 1. The number of rotatable bonds is 2. The van der Waals surface area contributed by atoms with E-state index in [4.69, 9.17) is 32.4 Å². The number of furan rings is 1. The van der Waals surface area contributed by atoms with Crippen LogP contribution in [0.2, 0.25) is 10.0 Å². The van der Waals surface area contributed by atoms with Gasteiger partial charge in [-0.15, -0.1) is 0 Å². The van der Waals surface area contributed by atoms with Gasteiger partial charge in [-0.3, -0.25) is 9.59 Å². The number of halogens is 2. The van der Waals surface area contributed by atoms with Crippen LogP contribution in [0.5, 0.6) is 0 Å². The third-order valence-electron chi connectivity index (χ3n) is 4.54. The molecule has 0 N–H and O–H groups in total. The molecule has 4 rings (SSSR count). The fraction of sp³-hybridized carbons (Fsp3) is 0.150. The Balaban J connectivity index is 2.12. The molecule has 0 amide bonds. The number of fused-ring (bicyclic) bond motifs is 3. The summed E-state index contributed by atoms with van der Waals surface area (Å²) in [5.41, 5.74) is 0.639. The third-order valence-corrected chi connectivity index (χ3v) is 5.28. The number of benzene rings is 2. The second kappa shape index (κ2) is 6.22. The highest BCUT2D eigenvalue weighted by atomic mass is 35.5. The number of ketones is 2. The van der Waals surface area contributed by atoms with E-state index in [-0.39, 0.29) is 61.2 Å². The highest BCUT2D eigenvalue weighted by Crippen LogP contribution is 2.45. The maximum absolute atomic E-state index is 13.0. The molecule has 27 heavy (non-hydrogen) atoms. The fourth-order valence-electron chi connectivity index (χ4n) is 3.39. The smallest absolute Gasteiger partial charge is 0.342 e. The highest BCUT2D eigenvalue weighted by Gasteiger charge is 2.37. The Kier molecular flexibility index (Phi) is 4.09. The second-order valence-corrected chi connectivity index (χ2v) is 6.80. The molecular weight excluding hydrogens is 391 g/mol. The van der Waals surface area contributed by atoms with E-state index in [0.717, 1.165) is 0 Å². The van der Waals surface area contributed by atoms with E-state index in [0.29, 0.717) is 0 Å². The fourth-order valence-corrected chi connectivity index (χ4v) is 4.06. The summed E-state index contributed by atoms with van der Waals surface area (Å²) in [6.45, 7) is 3.40. The van der Waals surface area contributed by atoms with Gasteiger partial charge in [0.1, 0.15) is 11.3 Å². The Morgan fingerprint density at radius 1 is 1.04 bits per heavy atom. The van der Waals surface area contributed by atoms with E-state index in [1.165, 1.54) is 0 Å². The zero-order chi connectivity index (χ0) is 19.5. The minimum absolute atomic E-state index is 0.0120. The summed E-state index contributed by atoms with van der Waals surface area (Å²) in [7, 11) is 0. The van der Waals surface area contributed by atoms with E-state index in [2.05, 4.69) is 0 Å². The van der Waals surface area contributed by atoms with Crippen LogP contribution in [0.3, 0.4) is 0 Å². The summed E-state index contributed by atoms with van der Waals surface area (Å²) in [6, 6.07) is 6.44. The van der Waals surface area contributed by atoms with Crippen molar-refractivity contribution in [1.82, 2.24) is 0 Å². The van der Waals surface area contributed by atoms with Gasteiger partial charge in [0.25, 0.3) is 0 Å². The number of carbonyl (C=O) groups excluding carboxylic acids is 3. The van der Waals surface area contributed by atoms with Gasteiger partial charge in [-0.2, -0.15) is 0 Å². The summed E-state index contributed by atoms with van der Waals surface area (Å²) in [4.78, 5) is 38.4. The number of aryl methyl sites for hydroxylation is 1. The van der Waals surface area contributed by atoms with Crippen LogP contribution in [0.4, 0.5) is 0 Å². The molecule has 5 nitrogen and oxygen atoms in total. The number of hydrogen-bond acceptors (Lipinski definition) is 5. The molecule has 2 aromatic carbocycles. The van der Waals surface area contributed by atoms with Gasteiger partial charge in [-0.1, -0.05) is 47.5 Å². The molecule has 0 bridgehead atoms. The number of carbonyl (C=O) groups is 3. The lowest BCUT2D eigenvalue weighted by molar-refractivity contribution is 0.0526. The lowest BCUT2D eigenvalue weighted by Gasteiger charge is -2.20. The average molecular weight is 403 g/mol. The van der Waals surface area contributed by atoms with Crippen LogP contribution in [-0.4, -0.2) is 24.1 Å². The summed E-state index contributed by atoms with van der Waals surface area (Å²) in [5, 5.41) is 0.0879. The monoisotopic (exact) mass is 402 g/mol. The van der Waals surface area contributed by atoms with Crippen LogP contribution in [0, 0.1) is 6.92 Å². The predicted molar refractivity (Wildman–Crippen MR) is 100 cm³/mol. The van der Waals surface area contributed by atoms with Gasteiger partial charge in [-0.25, -0.2) is 4.79 Å².